The largest absolute Gasteiger partial charge is 0.489 e. The second-order valence-electron chi connectivity index (χ2n) is 7.06. The highest BCUT2D eigenvalue weighted by Gasteiger charge is 2.17. The van der Waals surface area contributed by atoms with Crippen molar-refractivity contribution >= 4 is 27.3 Å². The van der Waals surface area contributed by atoms with E-state index in [0.29, 0.717) is 22.7 Å². The highest BCUT2D eigenvalue weighted by Crippen LogP contribution is 2.26. The summed E-state index contributed by atoms with van der Waals surface area (Å²) < 4.78 is 33.6. The van der Waals surface area contributed by atoms with E-state index in [1.807, 2.05) is 39.0 Å². The molecule has 0 unspecified atom stereocenters. The van der Waals surface area contributed by atoms with Crippen molar-refractivity contribution in [1.82, 2.24) is 0 Å². The number of amides is 1. The van der Waals surface area contributed by atoms with E-state index in [-0.39, 0.29) is 16.9 Å². The van der Waals surface area contributed by atoms with Crippen molar-refractivity contribution in [3.8, 4) is 5.75 Å². The number of aryl methyl sites for hydroxylation is 1. The molecule has 0 atom stereocenters. The highest BCUT2D eigenvalue weighted by molar-refractivity contribution is 7.92. The van der Waals surface area contributed by atoms with Gasteiger partial charge in [0.15, 0.2) is 0 Å². The van der Waals surface area contributed by atoms with Crippen molar-refractivity contribution < 1.29 is 17.9 Å². The van der Waals surface area contributed by atoms with E-state index in [4.69, 9.17) is 4.74 Å². The van der Waals surface area contributed by atoms with Gasteiger partial charge in [0.1, 0.15) is 5.75 Å². The third-order valence-corrected chi connectivity index (χ3v) is 5.70. The quantitative estimate of drug-likeness (QED) is 0.569. The lowest BCUT2D eigenvalue weighted by molar-refractivity contribution is 0.102. The predicted octanol–water partition coefficient (Wildman–Crippen LogP) is 4.84. The summed E-state index contributed by atoms with van der Waals surface area (Å²) in [6.45, 7) is 5.64. The van der Waals surface area contributed by atoms with Crippen LogP contribution in [0, 0.1) is 6.92 Å². The number of ether oxygens (including phenoxy) is 1. The number of nitrogens with one attached hydrogen (secondary N) is 2. The van der Waals surface area contributed by atoms with Gasteiger partial charge in [-0.3, -0.25) is 9.52 Å². The number of carbonyl (C=O) groups is 1. The van der Waals surface area contributed by atoms with Crippen molar-refractivity contribution in [2.45, 2.75) is 31.8 Å². The van der Waals surface area contributed by atoms with E-state index in [2.05, 4.69) is 10.0 Å². The zero-order valence-electron chi connectivity index (χ0n) is 17.0. The molecule has 3 aromatic rings. The van der Waals surface area contributed by atoms with Crippen molar-refractivity contribution in [3.05, 3.63) is 83.9 Å². The van der Waals surface area contributed by atoms with Crippen LogP contribution in [-0.2, 0) is 10.0 Å². The van der Waals surface area contributed by atoms with Gasteiger partial charge in [0.05, 0.1) is 22.4 Å². The molecular weight excluding hydrogens is 400 g/mol. The summed E-state index contributed by atoms with van der Waals surface area (Å²) in [7, 11) is -3.76. The second-order valence-corrected chi connectivity index (χ2v) is 8.74. The van der Waals surface area contributed by atoms with Gasteiger partial charge in [0.25, 0.3) is 15.9 Å². The molecule has 1 amide bonds. The van der Waals surface area contributed by atoms with E-state index in [0.717, 1.165) is 5.56 Å². The van der Waals surface area contributed by atoms with Gasteiger partial charge in [-0.25, -0.2) is 8.42 Å². The van der Waals surface area contributed by atoms with E-state index < -0.39 is 10.0 Å². The van der Waals surface area contributed by atoms with Crippen molar-refractivity contribution in [2.24, 2.45) is 0 Å². The number of para-hydroxylation sites is 3. The lowest BCUT2D eigenvalue weighted by atomic mass is 10.2. The Bertz CT molecular complexity index is 1140. The Morgan fingerprint density at radius 1 is 0.867 bits per heavy atom. The van der Waals surface area contributed by atoms with Gasteiger partial charge < -0.3 is 10.1 Å². The van der Waals surface area contributed by atoms with Crippen molar-refractivity contribution in [2.75, 3.05) is 10.0 Å². The van der Waals surface area contributed by atoms with Crippen LogP contribution in [0.4, 0.5) is 11.4 Å². The molecule has 0 saturated heterocycles. The van der Waals surface area contributed by atoms with E-state index >= 15 is 0 Å². The van der Waals surface area contributed by atoms with Crippen LogP contribution < -0.4 is 14.8 Å². The molecule has 30 heavy (non-hydrogen) atoms. The number of benzene rings is 3. The number of hydrogen-bond acceptors (Lipinski definition) is 4. The molecule has 0 fully saturated rings. The molecule has 0 bridgehead atoms. The molecule has 0 saturated carbocycles. The summed E-state index contributed by atoms with van der Waals surface area (Å²) in [4.78, 5) is 12.7. The standard InChI is InChI=1S/C23H24N2O4S/c1-16(2)29-22-11-7-6-10-21(22)24-23(26)18-12-14-19(15-13-18)30(27,28)25-20-9-5-4-8-17(20)3/h4-16,25H,1-3H3,(H,24,26). The topological polar surface area (TPSA) is 84.5 Å². The monoisotopic (exact) mass is 424 g/mol. The normalized spacial score (nSPS) is 11.2. The molecule has 7 heteroatoms. The summed E-state index contributed by atoms with van der Waals surface area (Å²) >= 11 is 0. The van der Waals surface area contributed by atoms with Crippen LogP contribution in [0.5, 0.6) is 5.75 Å². The summed E-state index contributed by atoms with van der Waals surface area (Å²) in [5, 5.41) is 2.81. The Kier molecular flexibility index (Phi) is 6.42. The first-order valence-electron chi connectivity index (χ1n) is 9.52. The number of anilines is 2. The van der Waals surface area contributed by atoms with Gasteiger partial charge in [-0.05, 0) is 68.8 Å². The van der Waals surface area contributed by atoms with Crippen LogP contribution >= 0.6 is 0 Å². The molecule has 0 aromatic heterocycles. The molecular formula is C23H24N2O4S. The Balaban J connectivity index is 1.76. The Labute approximate surface area is 177 Å². The smallest absolute Gasteiger partial charge is 0.261 e. The third kappa shape index (κ3) is 5.18. The molecule has 3 aromatic carbocycles. The Morgan fingerprint density at radius 2 is 1.47 bits per heavy atom. The fraction of sp³-hybridized carbons (Fsp3) is 0.174. The van der Waals surface area contributed by atoms with Gasteiger partial charge in [0, 0.05) is 5.56 Å². The first-order valence-corrected chi connectivity index (χ1v) is 11.0. The molecule has 0 radical (unpaired) electrons. The first kappa shape index (κ1) is 21.4. The minimum atomic E-state index is -3.76. The van der Waals surface area contributed by atoms with Gasteiger partial charge >= 0.3 is 0 Å². The number of carbonyl (C=O) groups excluding carboxylic acids is 1. The molecule has 0 spiro atoms. The van der Waals surface area contributed by atoms with Gasteiger partial charge in [-0.15, -0.1) is 0 Å². The maximum Gasteiger partial charge on any atom is 0.261 e. The van der Waals surface area contributed by atoms with E-state index in [9.17, 15) is 13.2 Å². The zero-order chi connectivity index (χ0) is 21.7. The lowest BCUT2D eigenvalue weighted by Crippen LogP contribution is -2.16. The maximum atomic E-state index is 12.6. The van der Waals surface area contributed by atoms with E-state index in [1.165, 1.54) is 24.3 Å². The summed E-state index contributed by atoms with van der Waals surface area (Å²) in [5.74, 6) is 0.216. The molecule has 0 aliphatic rings. The van der Waals surface area contributed by atoms with Crippen LogP contribution in [-0.4, -0.2) is 20.4 Å². The molecule has 2 N–H and O–H groups in total. The lowest BCUT2D eigenvalue weighted by Gasteiger charge is -2.15. The van der Waals surface area contributed by atoms with Crippen molar-refractivity contribution in [3.63, 3.8) is 0 Å². The fourth-order valence-electron chi connectivity index (χ4n) is 2.80. The van der Waals surface area contributed by atoms with Gasteiger partial charge in [-0.1, -0.05) is 30.3 Å². The third-order valence-electron chi connectivity index (χ3n) is 4.31. The van der Waals surface area contributed by atoms with Crippen LogP contribution in [0.2, 0.25) is 0 Å². The maximum absolute atomic E-state index is 12.6. The molecule has 156 valence electrons. The van der Waals surface area contributed by atoms with Crippen molar-refractivity contribution in [1.29, 1.82) is 0 Å². The van der Waals surface area contributed by atoms with Gasteiger partial charge in [0.2, 0.25) is 0 Å². The van der Waals surface area contributed by atoms with Crippen LogP contribution in [0.15, 0.2) is 77.7 Å². The fourth-order valence-corrected chi connectivity index (χ4v) is 3.93. The Hall–Kier alpha value is -3.32. The number of sulfonamides is 1. The van der Waals surface area contributed by atoms with Crippen LogP contribution in [0.1, 0.15) is 29.8 Å². The first-order chi connectivity index (χ1) is 14.3. The average Bonchev–Trinajstić information content (AvgIpc) is 2.71. The summed E-state index contributed by atoms with van der Waals surface area (Å²) in [5.41, 5.74) is 2.22. The van der Waals surface area contributed by atoms with Gasteiger partial charge in [-0.2, -0.15) is 0 Å². The molecule has 0 aliphatic carbocycles. The zero-order valence-corrected chi connectivity index (χ0v) is 17.9. The summed E-state index contributed by atoms with van der Waals surface area (Å²) in [6.07, 6.45) is -0.0340. The number of rotatable bonds is 7. The number of hydrogen-bond donors (Lipinski definition) is 2. The SMILES string of the molecule is Cc1ccccc1NS(=O)(=O)c1ccc(C(=O)Nc2ccccc2OC(C)C)cc1. The van der Waals surface area contributed by atoms with Crippen LogP contribution in [0.25, 0.3) is 0 Å². The average molecular weight is 425 g/mol. The molecule has 0 aliphatic heterocycles. The summed E-state index contributed by atoms with van der Waals surface area (Å²) in [6, 6.07) is 20.1. The molecule has 0 heterocycles. The molecule has 3 rings (SSSR count). The van der Waals surface area contributed by atoms with E-state index in [1.54, 1.807) is 30.3 Å². The molecule has 6 nitrogen and oxygen atoms in total. The predicted molar refractivity (Wildman–Crippen MR) is 119 cm³/mol. The minimum absolute atomic E-state index is 0.0340. The second kappa shape index (κ2) is 9.00. The highest BCUT2D eigenvalue weighted by atomic mass is 32.2. The Morgan fingerprint density at radius 3 is 2.10 bits per heavy atom. The van der Waals surface area contributed by atoms with Crippen LogP contribution in [0.3, 0.4) is 0 Å². The minimum Gasteiger partial charge on any atom is -0.489 e.